The largest absolute Gasteiger partial charge is 0.347 e. The summed E-state index contributed by atoms with van der Waals surface area (Å²) < 4.78 is 26.5. The fraction of sp³-hybridized carbons (Fsp3) is 0.409. The number of carbonyl (C=O) groups is 1. The van der Waals surface area contributed by atoms with Gasteiger partial charge in [0.2, 0.25) is 10.0 Å². The van der Waals surface area contributed by atoms with Crippen LogP contribution in [0.2, 0.25) is 0 Å². The molecule has 0 saturated heterocycles. The van der Waals surface area contributed by atoms with Crippen molar-refractivity contribution in [3.63, 3.8) is 0 Å². The number of carbonyl (C=O) groups excluding carboxylic acids is 1. The molecule has 0 saturated carbocycles. The Kier molecular flexibility index (Phi) is 8.37. The van der Waals surface area contributed by atoms with Crippen LogP contribution in [0.4, 0.5) is 0 Å². The van der Waals surface area contributed by atoms with Gasteiger partial charge in [0, 0.05) is 25.2 Å². The fourth-order valence-corrected chi connectivity index (χ4v) is 4.60. The van der Waals surface area contributed by atoms with E-state index in [0.29, 0.717) is 26.2 Å². The summed E-state index contributed by atoms with van der Waals surface area (Å²) >= 11 is 0. The summed E-state index contributed by atoms with van der Waals surface area (Å²) in [5.41, 5.74) is 3.29. The number of hydrogen-bond donors (Lipinski definition) is 2. The Morgan fingerprint density at radius 1 is 0.966 bits per heavy atom. The van der Waals surface area contributed by atoms with Gasteiger partial charge in [0.1, 0.15) is 6.54 Å². The highest BCUT2D eigenvalue weighted by molar-refractivity contribution is 7.89. The molecule has 7 heteroatoms. The van der Waals surface area contributed by atoms with Crippen LogP contribution in [0.15, 0.2) is 53.4 Å². The first-order valence-corrected chi connectivity index (χ1v) is 11.4. The molecule has 2 N–H and O–H groups in total. The topological polar surface area (TPSA) is 70.9 Å². The van der Waals surface area contributed by atoms with E-state index in [1.165, 1.54) is 15.4 Å². The monoisotopic (exact) mass is 418 g/mol. The van der Waals surface area contributed by atoms with E-state index >= 15 is 0 Å². The molecule has 2 aromatic carbocycles. The molecule has 0 aliphatic heterocycles. The van der Waals surface area contributed by atoms with Gasteiger partial charge < -0.3 is 10.2 Å². The van der Waals surface area contributed by atoms with E-state index in [1.54, 1.807) is 24.3 Å². The first-order valence-electron chi connectivity index (χ1n) is 9.98. The molecule has 0 spiro atoms. The molecule has 1 amide bonds. The summed E-state index contributed by atoms with van der Waals surface area (Å²) in [6, 6.07) is 15.0. The number of nitrogens with one attached hydrogen (secondary N) is 2. The van der Waals surface area contributed by atoms with Crippen molar-refractivity contribution in [2.45, 2.75) is 38.8 Å². The Morgan fingerprint density at radius 3 is 2.07 bits per heavy atom. The lowest BCUT2D eigenvalue weighted by atomic mass is 10.1. The minimum absolute atomic E-state index is 0.0329. The number of amides is 1. The molecule has 2 rings (SSSR count). The van der Waals surface area contributed by atoms with E-state index in [0.717, 1.165) is 17.0 Å². The number of likely N-dealkylation sites (N-methyl/N-ethyl adjacent to an activating group) is 1. The molecule has 6 nitrogen and oxygen atoms in total. The second-order valence-electron chi connectivity index (χ2n) is 7.31. The summed E-state index contributed by atoms with van der Waals surface area (Å²) in [7, 11) is -1.46. The van der Waals surface area contributed by atoms with Crippen molar-refractivity contribution >= 4 is 15.9 Å². The van der Waals surface area contributed by atoms with Crippen LogP contribution in [0.5, 0.6) is 0 Å². The zero-order valence-electron chi connectivity index (χ0n) is 17.7. The maximum Gasteiger partial charge on any atom is 0.275 e. The predicted molar refractivity (Wildman–Crippen MR) is 115 cm³/mol. The molecule has 0 heterocycles. The molecule has 0 bridgehead atoms. The third-order valence-electron chi connectivity index (χ3n) is 4.85. The highest BCUT2D eigenvalue weighted by Gasteiger charge is 2.21. The summed E-state index contributed by atoms with van der Waals surface area (Å²) in [6.45, 7) is 8.12. The maximum absolute atomic E-state index is 12.5. The minimum Gasteiger partial charge on any atom is -0.347 e. The van der Waals surface area contributed by atoms with E-state index in [-0.39, 0.29) is 10.8 Å². The predicted octanol–water partition coefficient (Wildman–Crippen LogP) is 1.36. The van der Waals surface area contributed by atoms with Gasteiger partial charge in [-0.3, -0.25) is 4.79 Å². The van der Waals surface area contributed by atoms with Crippen molar-refractivity contribution in [1.82, 2.24) is 9.62 Å². The Morgan fingerprint density at radius 2 is 1.52 bits per heavy atom. The number of aryl methyl sites for hydroxylation is 1. The van der Waals surface area contributed by atoms with E-state index in [2.05, 4.69) is 36.5 Å². The highest BCUT2D eigenvalue weighted by Crippen LogP contribution is 2.16. The Balaban J connectivity index is 1.86. The summed E-state index contributed by atoms with van der Waals surface area (Å²) in [5.74, 6) is -0.0329. The van der Waals surface area contributed by atoms with Crippen LogP contribution in [0.1, 0.15) is 30.5 Å². The molecule has 2 aromatic rings. The molecule has 0 aromatic heterocycles. The summed E-state index contributed by atoms with van der Waals surface area (Å²) in [4.78, 5) is 13.6. The number of hydrogen-bond acceptors (Lipinski definition) is 3. The summed E-state index contributed by atoms with van der Waals surface area (Å²) in [6.07, 6.45) is 0. The summed E-state index contributed by atoms with van der Waals surface area (Å²) in [5, 5.41) is 2.91. The quantitative estimate of drug-likeness (QED) is 0.612. The van der Waals surface area contributed by atoms with Crippen molar-refractivity contribution in [1.29, 1.82) is 0 Å². The van der Waals surface area contributed by atoms with Crippen LogP contribution in [0, 0.1) is 6.92 Å². The number of sulfonamides is 1. The van der Waals surface area contributed by atoms with E-state index < -0.39 is 10.0 Å². The van der Waals surface area contributed by atoms with Crippen LogP contribution in [-0.4, -0.2) is 45.3 Å². The van der Waals surface area contributed by atoms with Crippen molar-refractivity contribution in [3.05, 3.63) is 65.2 Å². The van der Waals surface area contributed by atoms with Gasteiger partial charge in [-0.25, -0.2) is 8.42 Å². The van der Waals surface area contributed by atoms with Crippen LogP contribution in [-0.2, 0) is 27.9 Å². The van der Waals surface area contributed by atoms with Crippen LogP contribution in [0.3, 0.4) is 0 Å². The van der Waals surface area contributed by atoms with Crippen molar-refractivity contribution in [3.8, 4) is 0 Å². The second-order valence-corrected chi connectivity index (χ2v) is 9.24. The van der Waals surface area contributed by atoms with Gasteiger partial charge in [-0.15, -0.1) is 0 Å². The van der Waals surface area contributed by atoms with Gasteiger partial charge in [-0.1, -0.05) is 55.8 Å². The molecular weight excluding hydrogens is 386 g/mol. The third-order valence-corrected chi connectivity index (χ3v) is 6.91. The zero-order valence-corrected chi connectivity index (χ0v) is 18.6. The van der Waals surface area contributed by atoms with Crippen molar-refractivity contribution < 1.29 is 18.1 Å². The Labute approximate surface area is 174 Å². The van der Waals surface area contributed by atoms with Crippen molar-refractivity contribution in [2.75, 3.05) is 26.7 Å². The minimum atomic E-state index is -3.45. The normalized spacial score (nSPS) is 12.7. The van der Waals surface area contributed by atoms with Gasteiger partial charge in [0.15, 0.2) is 6.54 Å². The Hall–Kier alpha value is -2.22. The molecule has 0 radical (unpaired) electrons. The zero-order chi connectivity index (χ0) is 21.4. The van der Waals surface area contributed by atoms with Gasteiger partial charge in [0.05, 0.1) is 11.9 Å². The second kappa shape index (κ2) is 10.5. The van der Waals surface area contributed by atoms with Gasteiger partial charge in [-0.2, -0.15) is 4.31 Å². The maximum atomic E-state index is 12.5. The average Bonchev–Trinajstić information content (AvgIpc) is 2.69. The lowest BCUT2D eigenvalue weighted by Crippen LogP contribution is -3.08. The Bertz CT molecular complexity index is 890. The van der Waals surface area contributed by atoms with Crippen LogP contribution < -0.4 is 10.2 Å². The van der Waals surface area contributed by atoms with Crippen LogP contribution in [0.25, 0.3) is 0 Å². The smallest absolute Gasteiger partial charge is 0.275 e. The highest BCUT2D eigenvalue weighted by atomic mass is 32.2. The van der Waals surface area contributed by atoms with Gasteiger partial charge in [0.25, 0.3) is 5.91 Å². The van der Waals surface area contributed by atoms with Gasteiger partial charge in [-0.05, 0) is 24.6 Å². The molecule has 1 unspecified atom stereocenters. The van der Waals surface area contributed by atoms with E-state index in [9.17, 15) is 13.2 Å². The number of benzene rings is 2. The molecule has 158 valence electrons. The molecule has 0 fully saturated rings. The first-order chi connectivity index (χ1) is 13.8. The third kappa shape index (κ3) is 6.66. The molecular formula is C22H32N3O3S+. The molecule has 1 atom stereocenters. The number of quaternary nitrogens is 1. The lowest BCUT2D eigenvalue weighted by molar-refractivity contribution is -0.885. The SMILES string of the molecule is CCN(CC)S(=O)(=O)c1ccc(CNC(=O)C[NH+](C)Cc2ccc(C)cc2)cc1. The molecule has 0 aliphatic rings. The average molecular weight is 419 g/mol. The lowest BCUT2D eigenvalue weighted by Gasteiger charge is -2.18. The van der Waals surface area contributed by atoms with Crippen LogP contribution >= 0.6 is 0 Å². The van der Waals surface area contributed by atoms with Crippen molar-refractivity contribution in [2.24, 2.45) is 0 Å². The fourth-order valence-electron chi connectivity index (χ4n) is 3.15. The standard InChI is InChI=1S/C22H31N3O3S/c1-5-25(6-2)29(27,28)21-13-11-19(12-14-21)15-23-22(26)17-24(4)16-20-9-7-18(3)8-10-20/h7-14H,5-6,15-17H2,1-4H3,(H,23,26)/p+1. The number of rotatable bonds is 10. The molecule has 29 heavy (non-hydrogen) atoms. The van der Waals surface area contributed by atoms with Gasteiger partial charge >= 0.3 is 0 Å². The van der Waals surface area contributed by atoms with E-state index in [4.69, 9.17) is 0 Å². The first kappa shape index (κ1) is 23.1. The number of nitrogens with zero attached hydrogens (tertiary/aromatic N) is 1. The van der Waals surface area contributed by atoms with E-state index in [1.807, 2.05) is 20.9 Å². The molecule has 0 aliphatic carbocycles.